The molecule has 0 N–H and O–H groups in total. The highest BCUT2D eigenvalue weighted by Gasteiger charge is 2.40. The first kappa shape index (κ1) is 26.5. The van der Waals surface area contributed by atoms with Crippen LogP contribution in [0.2, 0.25) is 0 Å². The van der Waals surface area contributed by atoms with Crippen LogP contribution in [0.25, 0.3) is 11.0 Å². The minimum absolute atomic E-state index is 0.0144. The predicted octanol–water partition coefficient (Wildman–Crippen LogP) is 5.52. The number of Topliss-reactive ketones (excluding diaryl/α,β-unsaturated/α-hetero) is 1. The molecule has 1 unspecified atom stereocenters. The van der Waals surface area contributed by atoms with Gasteiger partial charge in [0.1, 0.15) is 29.6 Å². The Balaban J connectivity index is 1.24. The maximum atomic E-state index is 14.3. The average molecular weight is 551 g/mol. The van der Waals surface area contributed by atoms with E-state index in [1.54, 1.807) is 30.3 Å². The molecule has 7 nitrogen and oxygen atoms in total. The Bertz CT molecular complexity index is 1680. The van der Waals surface area contributed by atoms with E-state index in [1.165, 1.54) is 36.4 Å². The van der Waals surface area contributed by atoms with Crippen molar-refractivity contribution in [1.29, 1.82) is 5.26 Å². The zero-order chi connectivity index (χ0) is 27.6. The summed E-state index contributed by atoms with van der Waals surface area (Å²) in [5.74, 6) is -1.00. The number of hydrogen-bond acceptors (Lipinski definition) is 6. The standard InChI is InChI=1S/C29H24F2N2O5S/c30-23-8-10-28-22(14-23)15-29(38-28)39(35,36)33-11-1-2-26(33)27(34)9-7-21-12-24(31)16-25(13-21)37-18-20-5-3-19(17-32)4-6-20/h3-6,8,10,12-16,26H,1-2,7,9,11,18H2. The number of carbonyl (C=O) groups excluding carboxylic acids is 1. The fourth-order valence-electron chi connectivity index (χ4n) is 4.71. The highest BCUT2D eigenvalue weighted by Crippen LogP contribution is 2.31. The molecule has 200 valence electrons. The van der Waals surface area contributed by atoms with Gasteiger partial charge in [0.05, 0.1) is 17.7 Å². The lowest BCUT2D eigenvalue weighted by atomic mass is 10.0. The number of fused-ring (bicyclic) bond motifs is 1. The highest BCUT2D eigenvalue weighted by molar-refractivity contribution is 7.89. The molecule has 4 aromatic rings. The quantitative estimate of drug-likeness (QED) is 0.272. The van der Waals surface area contributed by atoms with Gasteiger partial charge in [0.25, 0.3) is 10.0 Å². The van der Waals surface area contributed by atoms with Crippen LogP contribution < -0.4 is 4.74 Å². The largest absolute Gasteiger partial charge is 0.489 e. The number of ether oxygens (including phenoxy) is 1. The van der Waals surface area contributed by atoms with Gasteiger partial charge in [-0.2, -0.15) is 9.57 Å². The van der Waals surface area contributed by atoms with E-state index in [4.69, 9.17) is 14.4 Å². The van der Waals surface area contributed by atoms with Gasteiger partial charge in [-0.3, -0.25) is 4.79 Å². The number of nitrogens with zero attached hydrogens (tertiary/aromatic N) is 2. The molecule has 3 aromatic carbocycles. The molecule has 0 aliphatic carbocycles. The number of benzene rings is 3. The maximum Gasteiger partial charge on any atom is 0.277 e. The van der Waals surface area contributed by atoms with E-state index in [2.05, 4.69) is 0 Å². The Hall–Kier alpha value is -4.07. The van der Waals surface area contributed by atoms with E-state index in [0.717, 1.165) is 9.87 Å². The van der Waals surface area contributed by atoms with Gasteiger partial charge in [-0.25, -0.2) is 17.2 Å². The molecule has 39 heavy (non-hydrogen) atoms. The summed E-state index contributed by atoms with van der Waals surface area (Å²) in [5, 5.41) is 8.89. The fourth-order valence-corrected chi connectivity index (χ4v) is 6.34. The smallest absolute Gasteiger partial charge is 0.277 e. The molecule has 5 rings (SSSR count). The molecule has 1 aliphatic rings. The van der Waals surface area contributed by atoms with Crippen LogP contribution in [-0.2, 0) is 27.8 Å². The van der Waals surface area contributed by atoms with Crippen LogP contribution in [0, 0.1) is 23.0 Å². The van der Waals surface area contributed by atoms with E-state index in [9.17, 15) is 22.0 Å². The number of carbonyl (C=O) groups is 1. The summed E-state index contributed by atoms with van der Waals surface area (Å²) in [6, 6.07) is 17.2. The number of sulfonamides is 1. The van der Waals surface area contributed by atoms with Crippen molar-refractivity contribution in [3.05, 3.63) is 95.1 Å². The molecule has 1 aromatic heterocycles. The number of halogens is 2. The Morgan fingerprint density at radius 3 is 2.59 bits per heavy atom. The van der Waals surface area contributed by atoms with Crippen molar-refractivity contribution in [1.82, 2.24) is 4.31 Å². The zero-order valence-electron chi connectivity index (χ0n) is 20.8. The summed E-state index contributed by atoms with van der Waals surface area (Å²) >= 11 is 0. The molecule has 10 heteroatoms. The summed E-state index contributed by atoms with van der Waals surface area (Å²) in [7, 11) is -4.12. The first-order valence-corrected chi connectivity index (χ1v) is 13.8. The van der Waals surface area contributed by atoms with Crippen LogP contribution >= 0.6 is 0 Å². The molecular weight excluding hydrogens is 526 g/mol. The number of rotatable bonds is 9. The van der Waals surface area contributed by atoms with Gasteiger partial charge < -0.3 is 9.15 Å². The minimum Gasteiger partial charge on any atom is -0.489 e. The van der Waals surface area contributed by atoms with Crippen LogP contribution in [0.4, 0.5) is 8.78 Å². The summed E-state index contributed by atoms with van der Waals surface area (Å²) < 4.78 is 66.7. The Morgan fingerprint density at radius 1 is 1.03 bits per heavy atom. The molecule has 2 heterocycles. The molecule has 0 spiro atoms. The van der Waals surface area contributed by atoms with Crippen LogP contribution in [0.15, 0.2) is 76.2 Å². The van der Waals surface area contributed by atoms with Crippen molar-refractivity contribution in [2.24, 2.45) is 0 Å². The second kappa shape index (κ2) is 11.0. The topological polar surface area (TPSA) is 101 Å². The monoisotopic (exact) mass is 550 g/mol. The van der Waals surface area contributed by atoms with Crippen molar-refractivity contribution in [2.75, 3.05) is 6.54 Å². The molecular formula is C29H24F2N2O5S. The third kappa shape index (κ3) is 5.85. The van der Waals surface area contributed by atoms with E-state index in [0.29, 0.717) is 35.1 Å². The van der Waals surface area contributed by atoms with Crippen LogP contribution in [-0.4, -0.2) is 31.1 Å². The van der Waals surface area contributed by atoms with Crippen molar-refractivity contribution < 1.29 is 31.1 Å². The molecule has 1 atom stereocenters. The summed E-state index contributed by atoms with van der Waals surface area (Å²) in [5.41, 5.74) is 2.12. The third-order valence-electron chi connectivity index (χ3n) is 6.67. The fraction of sp³-hybridized carbons (Fsp3) is 0.241. The second-order valence-corrected chi connectivity index (χ2v) is 11.2. The molecule has 0 amide bonds. The van der Waals surface area contributed by atoms with Crippen LogP contribution in [0.1, 0.15) is 36.0 Å². The second-order valence-electron chi connectivity index (χ2n) is 9.38. The molecule has 0 saturated carbocycles. The first-order valence-electron chi connectivity index (χ1n) is 12.4. The summed E-state index contributed by atoms with van der Waals surface area (Å²) in [4.78, 5) is 13.1. The Labute approximate surface area is 224 Å². The van der Waals surface area contributed by atoms with E-state index in [-0.39, 0.29) is 42.5 Å². The van der Waals surface area contributed by atoms with Gasteiger partial charge in [-0.1, -0.05) is 12.1 Å². The van der Waals surface area contributed by atoms with Gasteiger partial charge in [0.2, 0.25) is 5.09 Å². The number of ketones is 1. The molecule has 1 fully saturated rings. The molecule has 0 radical (unpaired) electrons. The van der Waals surface area contributed by atoms with Crippen molar-refractivity contribution in [3.63, 3.8) is 0 Å². The Morgan fingerprint density at radius 2 is 1.82 bits per heavy atom. The van der Waals surface area contributed by atoms with Gasteiger partial charge in [0.15, 0.2) is 5.78 Å². The molecule has 0 bridgehead atoms. The maximum absolute atomic E-state index is 14.3. The van der Waals surface area contributed by atoms with E-state index >= 15 is 0 Å². The normalized spacial score (nSPS) is 15.9. The minimum atomic E-state index is -4.12. The van der Waals surface area contributed by atoms with Gasteiger partial charge in [0, 0.05) is 30.5 Å². The molecule has 1 aliphatic heterocycles. The molecule has 1 saturated heterocycles. The SMILES string of the molecule is N#Cc1ccc(COc2cc(F)cc(CCC(=O)C3CCCN3S(=O)(=O)c3cc4cc(F)ccc4o3)c2)cc1. The first-order chi connectivity index (χ1) is 18.7. The van der Waals surface area contributed by atoms with Crippen LogP contribution in [0.5, 0.6) is 5.75 Å². The van der Waals surface area contributed by atoms with Crippen molar-refractivity contribution in [2.45, 2.75) is 43.4 Å². The third-order valence-corrected chi connectivity index (χ3v) is 8.44. The number of furan rings is 1. The van der Waals surface area contributed by atoms with E-state index < -0.39 is 27.7 Å². The van der Waals surface area contributed by atoms with Crippen molar-refractivity contribution in [3.8, 4) is 11.8 Å². The lowest BCUT2D eigenvalue weighted by Gasteiger charge is -2.21. The van der Waals surface area contributed by atoms with Gasteiger partial charge in [-0.05, 0) is 72.9 Å². The Kier molecular flexibility index (Phi) is 7.46. The number of nitriles is 1. The van der Waals surface area contributed by atoms with Crippen molar-refractivity contribution >= 4 is 26.8 Å². The number of hydrogen-bond donors (Lipinski definition) is 0. The van der Waals surface area contributed by atoms with Gasteiger partial charge in [-0.15, -0.1) is 0 Å². The predicted molar refractivity (Wildman–Crippen MR) is 138 cm³/mol. The number of aryl methyl sites for hydroxylation is 1. The summed E-state index contributed by atoms with van der Waals surface area (Å²) in [6.07, 6.45) is 1.10. The summed E-state index contributed by atoms with van der Waals surface area (Å²) in [6.45, 7) is 0.342. The van der Waals surface area contributed by atoms with E-state index in [1.807, 2.05) is 6.07 Å². The zero-order valence-corrected chi connectivity index (χ0v) is 21.6. The van der Waals surface area contributed by atoms with Gasteiger partial charge >= 0.3 is 0 Å². The lowest BCUT2D eigenvalue weighted by Crippen LogP contribution is -2.40. The van der Waals surface area contributed by atoms with Crippen LogP contribution in [0.3, 0.4) is 0 Å². The highest BCUT2D eigenvalue weighted by atomic mass is 32.2. The average Bonchev–Trinajstić information content (AvgIpc) is 3.59. The lowest BCUT2D eigenvalue weighted by molar-refractivity contribution is -0.122.